The van der Waals surface area contributed by atoms with E-state index in [1.807, 2.05) is 0 Å². The molecule has 4 nitrogen and oxygen atoms in total. The molecule has 0 aliphatic rings. The molecule has 0 aliphatic heterocycles. The highest BCUT2D eigenvalue weighted by Gasteiger charge is 2.03. The highest BCUT2D eigenvalue weighted by molar-refractivity contribution is 7.85. The average Bonchev–Trinajstić information content (AvgIpc) is 2.31. The fourth-order valence-electron chi connectivity index (χ4n) is 1.29. The second-order valence-electron chi connectivity index (χ2n) is 4.11. The van der Waals surface area contributed by atoms with Crippen molar-refractivity contribution in [2.75, 3.05) is 12.3 Å². The zero-order valence-electron chi connectivity index (χ0n) is 11.2. The topological polar surface area (TPSA) is 80.4 Å². The lowest BCUT2D eigenvalue weighted by molar-refractivity contribution is 0.133. The summed E-state index contributed by atoms with van der Waals surface area (Å²) in [5, 5.41) is 0. The average molecular weight is 301 g/mol. The fraction of sp³-hybridized carbons (Fsp3) is 0.833. The van der Waals surface area contributed by atoms with Crippen molar-refractivity contribution in [1.82, 2.24) is 0 Å². The molecule has 0 aliphatic carbocycles. The van der Waals surface area contributed by atoms with Gasteiger partial charge in [-0.25, -0.2) is 8.78 Å². The lowest BCUT2D eigenvalue weighted by Gasteiger charge is -2.01. The Labute approximate surface area is 114 Å². The molecule has 0 heterocycles. The van der Waals surface area contributed by atoms with Crippen molar-refractivity contribution in [3.63, 3.8) is 0 Å². The van der Waals surface area contributed by atoms with Gasteiger partial charge in [-0.05, 0) is 12.8 Å². The Balaban J connectivity index is 0. The van der Waals surface area contributed by atoms with Gasteiger partial charge in [-0.1, -0.05) is 31.8 Å². The first-order chi connectivity index (χ1) is 8.83. The molecule has 3 N–H and O–H groups in total. The third kappa shape index (κ3) is 26.9. The van der Waals surface area contributed by atoms with Crippen molar-refractivity contribution in [2.24, 2.45) is 5.73 Å². The number of nitrogens with two attached hydrogens (primary N) is 1. The number of halogens is 2. The van der Waals surface area contributed by atoms with Crippen LogP contribution in [0.15, 0.2) is 12.7 Å². The summed E-state index contributed by atoms with van der Waals surface area (Å²) in [6.07, 6.45) is 3.50. The monoisotopic (exact) mass is 301 g/mol. The van der Waals surface area contributed by atoms with Crippen molar-refractivity contribution in [1.29, 1.82) is 0 Å². The van der Waals surface area contributed by atoms with Gasteiger partial charge in [-0.3, -0.25) is 4.55 Å². The summed E-state index contributed by atoms with van der Waals surface area (Å²) in [4.78, 5) is 0. The first kappa shape index (κ1) is 20.8. The van der Waals surface area contributed by atoms with E-state index in [0.29, 0.717) is 25.8 Å². The molecule has 0 radical (unpaired) electrons. The molecular weight excluding hydrogens is 276 g/mol. The quantitative estimate of drug-likeness (QED) is 0.369. The van der Waals surface area contributed by atoms with E-state index in [1.165, 1.54) is 0 Å². The molecule has 0 aromatic heterocycles. The van der Waals surface area contributed by atoms with Crippen LogP contribution in [0.1, 0.15) is 44.9 Å². The van der Waals surface area contributed by atoms with Crippen LogP contribution in [-0.4, -0.2) is 31.7 Å². The Morgan fingerprint density at radius 3 is 1.89 bits per heavy atom. The third-order valence-electron chi connectivity index (χ3n) is 2.24. The molecule has 0 fully saturated rings. The van der Waals surface area contributed by atoms with Gasteiger partial charge in [0, 0.05) is 13.0 Å². The van der Waals surface area contributed by atoms with Crippen LogP contribution in [-0.2, 0) is 10.1 Å². The molecule has 7 heteroatoms. The van der Waals surface area contributed by atoms with Crippen LogP contribution in [0.2, 0.25) is 0 Å². The lowest BCUT2D eigenvalue weighted by atomic mass is 10.1. The van der Waals surface area contributed by atoms with Crippen LogP contribution in [0.3, 0.4) is 0 Å². The summed E-state index contributed by atoms with van der Waals surface area (Å²) in [5.41, 5.74) is 4.91. The van der Waals surface area contributed by atoms with Crippen molar-refractivity contribution in [2.45, 2.75) is 51.4 Å². The maximum atomic E-state index is 11.7. The van der Waals surface area contributed by atoms with Crippen LogP contribution in [0.25, 0.3) is 0 Å². The van der Waals surface area contributed by atoms with Crippen LogP contribution >= 0.6 is 0 Å². The Morgan fingerprint density at radius 1 is 1.11 bits per heavy atom. The molecule has 0 saturated heterocycles. The minimum absolute atomic E-state index is 0.0506. The molecule has 0 aromatic carbocycles. The van der Waals surface area contributed by atoms with Gasteiger partial charge >= 0.3 is 0 Å². The van der Waals surface area contributed by atoms with Crippen LogP contribution in [0.4, 0.5) is 8.78 Å². The number of rotatable bonds is 10. The normalized spacial score (nSPS) is 11.0. The number of unbranched alkanes of at least 4 members (excludes halogenated alkanes) is 5. The number of hydrogen-bond donors (Lipinski definition) is 2. The zero-order chi connectivity index (χ0) is 15.1. The van der Waals surface area contributed by atoms with Crippen LogP contribution in [0, 0.1) is 0 Å². The van der Waals surface area contributed by atoms with Crippen LogP contribution < -0.4 is 5.73 Å². The van der Waals surface area contributed by atoms with E-state index in [4.69, 9.17) is 10.3 Å². The van der Waals surface area contributed by atoms with Gasteiger partial charge in [0.25, 0.3) is 10.1 Å². The van der Waals surface area contributed by atoms with Crippen molar-refractivity contribution in [3.05, 3.63) is 12.7 Å². The predicted molar refractivity (Wildman–Crippen MR) is 74.0 cm³/mol. The highest BCUT2D eigenvalue weighted by Crippen LogP contribution is 2.11. The molecule has 116 valence electrons. The van der Waals surface area contributed by atoms with E-state index < -0.39 is 16.5 Å². The smallest absolute Gasteiger partial charge is 0.264 e. The van der Waals surface area contributed by atoms with Gasteiger partial charge in [0.2, 0.25) is 6.43 Å². The molecule has 0 aromatic rings. The summed E-state index contributed by atoms with van der Waals surface area (Å²) in [7, 11) is -3.83. The van der Waals surface area contributed by atoms with Gasteiger partial charge < -0.3 is 5.73 Å². The highest BCUT2D eigenvalue weighted by atomic mass is 32.2. The van der Waals surface area contributed by atoms with Gasteiger partial charge in [0.15, 0.2) is 0 Å². The Hall–Kier alpha value is -0.530. The second kappa shape index (κ2) is 13.9. The lowest BCUT2D eigenvalue weighted by Crippen LogP contribution is -2.03. The van der Waals surface area contributed by atoms with E-state index >= 15 is 0 Å². The molecule has 0 rings (SSSR count). The fourth-order valence-corrected chi connectivity index (χ4v) is 1.86. The van der Waals surface area contributed by atoms with Gasteiger partial charge in [0.1, 0.15) is 0 Å². The maximum Gasteiger partial charge on any atom is 0.264 e. The molecule has 0 saturated carbocycles. The molecule has 0 amide bonds. The van der Waals surface area contributed by atoms with E-state index in [2.05, 4.69) is 6.58 Å². The molecular formula is C12H25F2NO3S. The summed E-state index contributed by atoms with van der Waals surface area (Å²) in [6.45, 7) is 3.94. The van der Waals surface area contributed by atoms with E-state index in [1.54, 1.807) is 6.08 Å². The summed E-state index contributed by atoms with van der Waals surface area (Å²) >= 11 is 0. The van der Waals surface area contributed by atoms with Gasteiger partial charge in [-0.15, -0.1) is 6.58 Å². The predicted octanol–water partition coefficient (Wildman–Crippen LogP) is 3.00. The van der Waals surface area contributed by atoms with E-state index in [9.17, 15) is 17.2 Å². The summed E-state index contributed by atoms with van der Waals surface area (Å²) in [6, 6.07) is 0. The molecule has 0 spiro atoms. The van der Waals surface area contributed by atoms with E-state index in [-0.39, 0.29) is 12.2 Å². The van der Waals surface area contributed by atoms with Crippen molar-refractivity contribution in [3.8, 4) is 0 Å². The first-order valence-corrected chi connectivity index (χ1v) is 7.98. The van der Waals surface area contributed by atoms with Crippen molar-refractivity contribution < 1.29 is 21.8 Å². The molecule has 0 bridgehead atoms. The minimum Gasteiger partial charge on any atom is -0.327 e. The standard InChI is InChI=1S/C9H18F2O3S.C3H7N/c10-9(11)7-5-3-1-2-4-6-8-15(12,13)14;1-2-3-4/h9H,1-8H2,(H,12,13,14);2H,1,3-4H2. The third-order valence-corrected chi connectivity index (χ3v) is 3.05. The summed E-state index contributed by atoms with van der Waals surface area (Å²) < 4.78 is 52.4. The maximum absolute atomic E-state index is 11.7. The first-order valence-electron chi connectivity index (χ1n) is 6.37. The van der Waals surface area contributed by atoms with Crippen LogP contribution in [0.5, 0.6) is 0 Å². The SMILES string of the molecule is C=CCN.O=S(=O)(O)CCCCCCCCC(F)F. The number of hydrogen-bond acceptors (Lipinski definition) is 3. The minimum atomic E-state index is -3.83. The van der Waals surface area contributed by atoms with Gasteiger partial charge in [0.05, 0.1) is 5.75 Å². The van der Waals surface area contributed by atoms with E-state index in [0.717, 1.165) is 19.3 Å². The van der Waals surface area contributed by atoms with Gasteiger partial charge in [-0.2, -0.15) is 8.42 Å². The Bertz CT molecular complexity index is 295. The Morgan fingerprint density at radius 2 is 1.53 bits per heavy atom. The number of alkyl halides is 2. The summed E-state index contributed by atoms with van der Waals surface area (Å²) in [5.74, 6) is -0.204. The van der Waals surface area contributed by atoms with Crippen molar-refractivity contribution >= 4 is 10.1 Å². The zero-order valence-corrected chi connectivity index (χ0v) is 12.0. The molecule has 0 atom stereocenters. The molecule has 0 unspecified atom stereocenters. The second-order valence-corrected chi connectivity index (χ2v) is 5.68. The molecule has 19 heavy (non-hydrogen) atoms. The Kier molecular flexibility index (Phi) is 15.2. The largest absolute Gasteiger partial charge is 0.327 e.